The van der Waals surface area contributed by atoms with Gasteiger partial charge in [0.2, 0.25) is 0 Å². The number of nitrogens with zero attached hydrogens (tertiary/aromatic N) is 3. The lowest BCUT2D eigenvalue weighted by Crippen LogP contribution is -2.42. The Morgan fingerprint density at radius 1 is 1.40 bits per heavy atom. The molecule has 0 radical (unpaired) electrons. The number of guanidine groups is 1. The number of fused-ring (bicyclic) bond motifs is 1. The lowest BCUT2D eigenvalue weighted by atomic mass is 10.1. The quantitative estimate of drug-likeness (QED) is 0.635. The topological polar surface area (TPSA) is 40.1 Å². The number of hydrogen-bond acceptors (Lipinski definition) is 3. The maximum atomic E-state index is 5.50. The SMILES string of the molecule is CCNC(=NCCN1c2ccccc2CC1C)N(C)CC1CCOC1. The highest BCUT2D eigenvalue weighted by Crippen LogP contribution is 2.31. The third kappa shape index (κ3) is 4.46. The van der Waals surface area contributed by atoms with E-state index in [2.05, 4.69) is 60.3 Å². The number of ether oxygens (including phenoxy) is 1. The van der Waals surface area contributed by atoms with Crippen LogP contribution in [-0.4, -0.2) is 63.3 Å². The Balaban J connectivity index is 1.58. The molecule has 1 aromatic carbocycles. The van der Waals surface area contributed by atoms with Gasteiger partial charge in [0.25, 0.3) is 0 Å². The van der Waals surface area contributed by atoms with Gasteiger partial charge in [-0.15, -0.1) is 0 Å². The summed E-state index contributed by atoms with van der Waals surface area (Å²) in [4.78, 5) is 9.62. The molecule has 2 aliphatic rings. The van der Waals surface area contributed by atoms with Crippen molar-refractivity contribution in [3.05, 3.63) is 29.8 Å². The molecule has 1 saturated heterocycles. The average molecular weight is 345 g/mol. The summed E-state index contributed by atoms with van der Waals surface area (Å²) in [6, 6.07) is 9.31. The van der Waals surface area contributed by atoms with E-state index < -0.39 is 0 Å². The normalized spacial score (nSPS) is 23.0. The Morgan fingerprint density at radius 2 is 2.24 bits per heavy atom. The van der Waals surface area contributed by atoms with Crippen molar-refractivity contribution in [2.24, 2.45) is 10.9 Å². The van der Waals surface area contributed by atoms with Crippen LogP contribution < -0.4 is 10.2 Å². The second-order valence-corrected chi connectivity index (χ2v) is 7.22. The zero-order valence-electron chi connectivity index (χ0n) is 15.9. The number of benzene rings is 1. The molecule has 5 heteroatoms. The van der Waals surface area contributed by atoms with Crippen LogP contribution in [-0.2, 0) is 11.2 Å². The summed E-state index contributed by atoms with van der Waals surface area (Å²) in [5, 5.41) is 3.43. The van der Waals surface area contributed by atoms with Gasteiger partial charge in [-0.25, -0.2) is 0 Å². The zero-order chi connectivity index (χ0) is 17.6. The number of nitrogens with one attached hydrogen (secondary N) is 1. The monoisotopic (exact) mass is 344 g/mol. The molecule has 2 aliphatic heterocycles. The van der Waals surface area contributed by atoms with E-state index in [0.717, 1.165) is 58.2 Å². The molecule has 2 atom stereocenters. The van der Waals surface area contributed by atoms with E-state index in [4.69, 9.17) is 9.73 Å². The first-order chi connectivity index (χ1) is 12.2. The number of para-hydroxylation sites is 1. The van der Waals surface area contributed by atoms with Gasteiger partial charge in [-0.05, 0) is 38.3 Å². The molecule has 5 nitrogen and oxygen atoms in total. The van der Waals surface area contributed by atoms with Gasteiger partial charge in [0.05, 0.1) is 13.2 Å². The fraction of sp³-hybridized carbons (Fsp3) is 0.650. The van der Waals surface area contributed by atoms with E-state index in [-0.39, 0.29) is 0 Å². The summed E-state index contributed by atoms with van der Waals surface area (Å²) >= 11 is 0. The lowest BCUT2D eigenvalue weighted by molar-refractivity contribution is 0.181. The standard InChI is InChI=1S/C20H32N4O/c1-4-21-20(23(3)14-17-9-12-25-15-17)22-10-11-24-16(2)13-18-7-5-6-8-19(18)24/h5-8,16-17H,4,9-15H2,1-3H3,(H,21,22). The third-order valence-electron chi connectivity index (χ3n) is 5.20. The first-order valence-electron chi connectivity index (χ1n) is 9.60. The third-order valence-corrected chi connectivity index (χ3v) is 5.20. The summed E-state index contributed by atoms with van der Waals surface area (Å²) in [7, 11) is 2.13. The van der Waals surface area contributed by atoms with E-state index in [1.807, 2.05) is 0 Å². The minimum Gasteiger partial charge on any atom is -0.381 e. The van der Waals surface area contributed by atoms with Gasteiger partial charge in [0, 0.05) is 50.9 Å². The molecule has 25 heavy (non-hydrogen) atoms. The highest BCUT2D eigenvalue weighted by molar-refractivity contribution is 5.79. The number of aliphatic imine (C=N–C) groups is 1. The second-order valence-electron chi connectivity index (χ2n) is 7.22. The number of rotatable bonds is 6. The van der Waals surface area contributed by atoms with Crippen molar-refractivity contribution in [2.75, 3.05) is 51.3 Å². The van der Waals surface area contributed by atoms with Crippen LogP contribution in [0.1, 0.15) is 25.8 Å². The number of anilines is 1. The predicted molar refractivity (Wildman–Crippen MR) is 104 cm³/mol. The van der Waals surface area contributed by atoms with Crippen molar-refractivity contribution < 1.29 is 4.74 Å². The van der Waals surface area contributed by atoms with Gasteiger partial charge < -0.3 is 19.9 Å². The summed E-state index contributed by atoms with van der Waals surface area (Å²) < 4.78 is 5.50. The molecule has 1 N–H and O–H groups in total. The van der Waals surface area contributed by atoms with Crippen LogP contribution in [0.3, 0.4) is 0 Å². The van der Waals surface area contributed by atoms with Crippen LogP contribution in [0.5, 0.6) is 0 Å². The maximum Gasteiger partial charge on any atom is 0.193 e. The first kappa shape index (κ1) is 18.1. The maximum absolute atomic E-state index is 5.50. The lowest BCUT2D eigenvalue weighted by Gasteiger charge is -2.26. The molecule has 2 unspecified atom stereocenters. The van der Waals surface area contributed by atoms with Gasteiger partial charge in [-0.1, -0.05) is 18.2 Å². The van der Waals surface area contributed by atoms with Crippen molar-refractivity contribution in [3.63, 3.8) is 0 Å². The van der Waals surface area contributed by atoms with Crippen molar-refractivity contribution in [2.45, 2.75) is 32.7 Å². The summed E-state index contributed by atoms with van der Waals surface area (Å²) in [5.41, 5.74) is 2.84. The Bertz CT molecular complexity index is 583. The van der Waals surface area contributed by atoms with Gasteiger partial charge in [-0.2, -0.15) is 0 Å². The van der Waals surface area contributed by atoms with Crippen molar-refractivity contribution in [1.82, 2.24) is 10.2 Å². The van der Waals surface area contributed by atoms with Crippen LogP contribution in [0.15, 0.2) is 29.3 Å². The van der Waals surface area contributed by atoms with E-state index in [0.29, 0.717) is 12.0 Å². The van der Waals surface area contributed by atoms with Crippen LogP contribution in [0.4, 0.5) is 5.69 Å². The second kappa shape index (κ2) is 8.56. The predicted octanol–water partition coefficient (Wildman–Crippen LogP) is 2.37. The molecule has 138 valence electrons. The first-order valence-corrected chi connectivity index (χ1v) is 9.60. The fourth-order valence-electron chi connectivity index (χ4n) is 3.90. The molecule has 0 saturated carbocycles. The van der Waals surface area contributed by atoms with Crippen LogP contribution in [0.2, 0.25) is 0 Å². The van der Waals surface area contributed by atoms with Crippen LogP contribution >= 0.6 is 0 Å². The number of hydrogen-bond donors (Lipinski definition) is 1. The molecule has 0 spiro atoms. The Labute approximate surface area is 152 Å². The summed E-state index contributed by atoms with van der Waals surface area (Å²) in [6.07, 6.45) is 2.30. The Hall–Kier alpha value is -1.75. The van der Waals surface area contributed by atoms with E-state index in [1.165, 1.54) is 11.3 Å². The van der Waals surface area contributed by atoms with Crippen molar-refractivity contribution >= 4 is 11.6 Å². The molecule has 0 aromatic heterocycles. The van der Waals surface area contributed by atoms with Crippen LogP contribution in [0.25, 0.3) is 0 Å². The smallest absolute Gasteiger partial charge is 0.193 e. The molecular formula is C20H32N4O. The fourth-order valence-corrected chi connectivity index (χ4v) is 3.90. The minimum absolute atomic E-state index is 0.559. The highest BCUT2D eigenvalue weighted by Gasteiger charge is 2.25. The van der Waals surface area contributed by atoms with Crippen molar-refractivity contribution in [3.8, 4) is 0 Å². The molecule has 2 heterocycles. The minimum atomic E-state index is 0.559. The van der Waals surface area contributed by atoms with E-state index in [9.17, 15) is 0 Å². The zero-order valence-corrected chi connectivity index (χ0v) is 15.9. The summed E-state index contributed by atoms with van der Waals surface area (Å²) in [6.45, 7) is 9.90. The van der Waals surface area contributed by atoms with Gasteiger partial charge in [0.15, 0.2) is 5.96 Å². The molecule has 3 rings (SSSR count). The van der Waals surface area contributed by atoms with Gasteiger partial charge >= 0.3 is 0 Å². The molecule has 0 aliphatic carbocycles. The van der Waals surface area contributed by atoms with E-state index in [1.54, 1.807) is 0 Å². The molecule has 0 bridgehead atoms. The van der Waals surface area contributed by atoms with E-state index >= 15 is 0 Å². The molecule has 1 fully saturated rings. The van der Waals surface area contributed by atoms with Gasteiger partial charge in [-0.3, -0.25) is 4.99 Å². The largest absolute Gasteiger partial charge is 0.381 e. The van der Waals surface area contributed by atoms with Crippen molar-refractivity contribution in [1.29, 1.82) is 0 Å². The average Bonchev–Trinajstić information content (AvgIpc) is 3.22. The molecule has 0 amide bonds. The molecular weight excluding hydrogens is 312 g/mol. The summed E-state index contributed by atoms with van der Waals surface area (Å²) in [5.74, 6) is 1.63. The Kier molecular flexibility index (Phi) is 6.19. The van der Waals surface area contributed by atoms with Crippen LogP contribution in [0, 0.1) is 5.92 Å². The van der Waals surface area contributed by atoms with Gasteiger partial charge in [0.1, 0.15) is 0 Å². The highest BCUT2D eigenvalue weighted by atomic mass is 16.5. The molecule has 1 aromatic rings. The Morgan fingerprint density at radius 3 is 3.00 bits per heavy atom.